The minimum atomic E-state index is -0.255. The normalized spacial score (nSPS) is 21.7. The summed E-state index contributed by atoms with van der Waals surface area (Å²) in [7, 11) is 0. The minimum absolute atomic E-state index is 0.0302. The van der Waals surface area contributed by atoms with Gasteiger partial charge in [0, 0.05) is 30.8 Å². The lowest BCUT2D eigenvalue weighted by atomic mass is 9.84. The van der Waals surface area contributed by atoms with E-state index in [0.717, 1.165) is 66.4 Å². The van der Waals surface area contributed by atoms with Crippen LogP contribution in [0.3, 0.4) is 0 Å². The molecule has 1 N–H and O–H groups in total. The van der Waals surface area contributed by atoms with Gasteiger partial charge in [-0.25, -0.2) is 14.4 Å². The van der Waals surface area contributed by atoms with Crippen molar-refractivity contribution in [3.8, 4) is 11.1 Å². The summed E-state index contributed by atoms with van der Waals surface area (Å²) in [4.78, 5) is 32.8. The number of ketones is 1. The molecule has 5 rings (SSSR count). The molecular formula is C27H26FN3O3S. The first-order chi connectivity index (χ1) is 17.0. The predicted molar refractivity (Wildman–Crippen MR) is 133 cm³/mol. The molecular weight excluding hydrogens is 465 g/mol. The van der Waals surface area contributed by atoms with E-state index in [9.17, 15) is 14.0 Å². The minimum Gasteiger partial charge on any atom is -0.472 e. The fraction of sp³-hybridized carbons (Fsp3) is 0.333. The lowest BCUT2D eigenvalue weighted by Gasteiger charge is -2.29. The molecule has 1 saturated heterocycles. The van der Waals surface area contributed by atoms with Gasteiger partial charge in [0.1, 0.15) is 11.6 Å². The molecule has 1 aromatic carbocycles. The summed E-state index contributed by atoms with van der Waals surface area (Å²) in [5.74, 6) is 0.888. The maximum Gasteiger partial charge on any atom is 0.201 e. The largest absolute Gasteiger partial charge is 0.472 e. The number of nitrogens with one attached hydrogen (secondary N) is 1. The zero-order valence-electron chi connectivity index (χ0n) is 19.2. The Balaban J connectivity index is 1.14. The Hall–Kier alpha value is -3.10. The zero-order valence-corrected chi connectivity index (χ0v) is 20.0. The van der Waals surface area contributed by atoms with Crippen LogP contribution in [0.15, 0.2) is 58.4 Å². The molecule has 0 radical (unpaired) electrons. The summed E-state index contributed by atoms with van der Waals surface area (Å²) in [6.45, 7) is 0.676. The van der Waals surface area contributed by atoms with Crippen molar-refractivity contribution in [2.45, 2.75) is 51.1 Å². The number of thioether (sulfide) groups is 1. The van der Waals surface area contributed by atoms with E-state index in [1.54, 1.807) is 36.9 Å². The van der Waals surface area contributed by atoms with Gasteiger partial charge in [0.15, 0.2) is 5.78 Å². The van der Waals surface area contributed by atoms with Crippen molar-refractivity contribution in [3.63, 3.8) is 0 Å². The van der Waals surface area contributed by atoms with Gasteiger partial charge in [-0.1, -0.05) is 6.07 Å². The smallest absolute Gasteiger partial charge is 0.201 e. The maximum atomic E-state index is 13.8. The molecule has 0 unspecified atom stereocenters. The number of nitrogens with zero attached hydrogens (tertiary/aromatic N) is 2. The molecule has 6 nitrogen and oxygen atoms in total. The number of rotatable bonds is 7. The highest BCUT2D eigenvalue weighted by atomic mass is 32.2. The van der Waals surface area contributed by atoms with Gasteiger partial charge < -0.3 is 9.73 Å². The first-order valence-electron chi connectivity index (χ1n) is 11.9. The van der Waals surface area contributed by atoms with Crippen molar-refractivity contribution in [1.82, 2.24) is 15.3 Å². The fourth-order valence-electron chi connectivity index (χ4n) is 4.74. The molecule has 0 amide bonds. The Morgan fingerprint density at radius 2 is 2.00 bits per heavy atom. The average Bonchev–Trinajstić information content (AvgIpc) is 3.49. The average molecular weight is 492 g/mol. The van der Waals surface area contributed by atoms with E-state index in [1.807, 2.05) is 12.1 Å². The standard InChI is InChI=1S/C27H26FN3O3S/c28-20-4-3-18(23(12-20)19-8-10-34-16-19)15-30-21-5-1-17(2-6-21)11-26-29-9-7-22(31-26)13-25-24(32)14-27(33)35-25/h3-4,7-10,12-13,16-17,21,30H,1-2,5-6,11,14-15H2/b25-13-. The number of aromatic nitrogens is 2. The Labute approximate surface area is 207 Å². The first-order valence-corrected chi connectivity index (χ1v) is 12.7. The molecule has 2 aromatic heterocycles. The van der Waals surface area contributed by atoms with Crippen molar-refractivity contribution in [3.05, 3.63) is 76.9 Å². The highest BCUT2D eigenvalue weighted by Gasteiger charge is 2.26. The molecule has 2 fully saturated rings. The van der Waals surface area contributed by atoms with Gasteiger partial charge in [-0.05, 0) is 84.8 Å². The summed E-state index contributed by atoms with van der Waals surface area (Å²) in [6.07, 6.45) is 11.7. The van der Waals surface area contributed by atoms with Crippen LogP contribution in [0.5, 0.6) is 0 Å². The summed E-state index contributed by atoms with van der Waals surface area (Å²) in [5, 5.41) is 3.53. The Kier molecular flexibility index (Phi) is 7.20. The monoisotopic (exact) mass is 491 g/mol. The number of benzene rings is 1. The fourth-order valence-corrected chi connectivity index (χ4v) is 5.56. The van der Waals surface area contributed by atoms with Crippen LogP contribution in [-0.2, 0) is 22.6 Å². The molecule has 180 valence electrons. The van der Waals surface area contributed by atoms with Crippen LogP contribution in [-0.4, -0.2) is 26.9 Å². The number of halogens is 1. The quantitative estimate of drug-likeness (QED) is 0.353. The SMILES string of the molecule is O=C1CC(=O)/C(=C/c2ccnc(CC3CCC(NCc4ccc(F)cc4-c4ccoc4)CC3)n2)S1. The number of carbonyl (C=O) groups is 2. The van der Waals surface area contributed by atoms with Crippen LogP contribution in [0, 0.1) is 11.7 Å². The number of hydrogen-bond acceptors (Lipinski definition) is 7. The Morgan fingerprint density at radius 3 is 2.74 bits per heavy atom. The van der Waals surface area contributed by atoms with Crippen molar-refractivity contribution in [2.24, 2.45) is 5.92 Å². The number of Topliss-reactive ketones (excluding diaryl/α,β-unsaturated/α-hetero) is 1. The molecule has 2 aliphatic rings. The van der Waals surface area contributed by atoms with Gasteiger partial charge in [-0.15, -0.1) is 0 Å². The predicted octanol–water partition coefficient (Wildman–Crippen LogP) is 5.34. The summed E-state index contributed by atoms with van der Waals surface area (Å²) in [6, 6.07) is 8.92. The van der Waals surface area contributed by atoms with E-state index in [0.29, 0.717) is 29.1 Å². The summed E-state index contributed by atoms with van der Waals surface area (Å²) >= 11 is 0.996. The van der Waals surface area contributed by atoms with Gasteiger partial charge >= 0.3 is 0 Å². The van der Waals surface area contributed by atoms with E-state index in [-0.39, 0.29) is 23.1 Å². The van der Waals surface area contributed by atoms with Crippen molar-refractivity contribution in [1.29, 1.82) is 0 Å². The van der Waals surface area contributed by atoms with E-state index >= 15 is 0 Å². The Morgan fingerprint density at radius 1 is 1.14 bits per heavy atom. The lowest BCUT2D eigenvalue weighted by molar-refractivity contribution is -0.119. The Bertz CT molecular complexity index is 1250. The molecule has 1 aliphatic heterocycles. The van der Waals surface area contributed by atoms with Crippen molar-refractivity contribution >= 4 is 28.7 Å². The van der Waals surface area contributed by atoms with Crippen LogP contribution in [0.1, 0.15) is 49.2 Å². The van der Waals surface area contributed by atoms with Gasteiger partial charge in [0.25, 0.3) is 0 Å². The molecule has 1 aliphatic carbocycles. The number of hydrogen-bond donors (Lipinski definition) is 1. The van der Waals surface area contributed by atoms with Crippen LogP contribution >= 0.6 is 11.8 Å². The third kappa shape index (κ3) is 5.94. The molecule has 35 heavy (non-hydrogen) atoms. The highest BCUT2D eigenvalue weighted by Crippen LogP contribution is 2.31. The van der Waals surface area contributed by atoms with Crippen LogP contribution in [0.4, 0.5) is 4.39 Å². The number of carbonyl (C=O) groups excluding carboxylic acids is 2. The maximum absolute atomic E-state index is 13.8. The second kappa shape index (κ2) is 10.7. The van der Waals surface area contributed by atoms with Crippen molar-refractivity contribution < 1.29 is 18.4 Å². The molecule has 0 bridgehead atoms. The lowest BCUT2D eigenvalue weighted by Crippen LogP contribution is -2.33. The van der Waals surface area contributed by atoms with E-state index < -0.39 is 0 Å². The van der Waals surface area contributed by atoms with Crippen LogP contribution in [0.2, 0.25) is 0 Å². The summed E-state index contributed by atoms with van der Waals surface area (Å²) < 4.78 is 19.0. The first kappa shape index (κ1) is 23.6. The molecule has 3 heterocycles. The molecule has 3 aromatic rings. The topological polar surface area (TPSA) is 85.1 Å². The highest BCUT2D eigenvalue weighted by molar-refractivity contribution is 8.18. The van der Waals surface area contributed by atoms with Crippen LogP contribution in [0.25, 0.3) is 17.2 Å². The molecule has 0 atom stereocenters. The molecule has 8 heteroatoms. The summed E-state index contributed by atoms with van der Waals surface area (Å²) in [5.41, 5.74) is 3.46. The van der Waals surface area contributed by atoms with E-state index in [1.165, 1.54) is 6.07 Å². The van der Waals surface area contributed by atoms with Gasteiger partial charge in [0.05, 0.1) is 29.5 Å². The molecule has 1 saturated carbocycles. The van der Waals surface area contributed by atoms with Gasteiger partial charge in [-0.2, -0.15) is 0 Å². The van der Waals surface area contributed by atoms with Gasteiger partial charge in [0.2, 0.25) is 5.12 Å². The zero-order chi connectivity index (χ0) is 24.2. The van der Waals surface area contributed by atoms with Gasteiger partial charge in [-0.3, -0.25) is 9.59 Å². The molecule has 0 spiro atoms. The van der Waals surface area contributed by atoms with Crippen molar-refractivity contribution in [2.75, 3.05) is 0 Å². The second-order valence-corrected chi connectivity index (χ2v) is 10.2. The number of allylic oxidation sites excluding steroid dienone is 1. The third-order valence-electron chi connectivity index (χ3n) is 6.61. The number of furan rings is 1. The third-order valence-corrected chi connectivity index (χ3v) is 7.55. The van der Waals surface area contributed by atoms with E-state index in [2.05, 4.69) is 15.3 Å². The van der Waals surface area contributed by atoms with E-state index in [4.69, 9.17) is 4.42 Å². The van der Waals surface area contributed by atoms with Crippen LogP contribution < -0.4 is 5.32 Å². The second-order valence-electron chi connectivity index (χ2n) is 9.10.